The topological polar surface area (TPSA) is 84.7 Å². The van der Waals surface area contributed by atoms with Crippen LogP contribution in [-0.4, -0.2) is 57.1 Å². The molecule has 0 amide bonds. The summed E-state index contributed by atoms with van der Waals surface area (Å²) in [5.41, 5.74) is 1.94. The molecule has 2 saturated heterocycles. The Morgan fingerprint density at radius 2 is 2.22 bits per heavy atom. The van der Waals surface area contributed by atoms with E-state index in [4.69, 9.17) is 9.26 Å². The molecule has 1 aromatic heterocycles. The Balaban J connectivity index is 1.70. The Morgan fingerprint density at radius 1 is 1.43 bits per heavy atom. The van der Waals surface area contributed by atoms with Crippen molar-refractivity contribution in [3.05, 3.63) is 17.0 Å². The fourth-order valence-corrected chi connectivity index (χ4v) is 4.33. The van der Waals surface area contributed by atoms with E-state index in [1.165, 1.54) is 0 Å². The summed E-state index contributed by atoms with van der Waals surface area (Å²) < 4.78 is 37.2. The largest absolute Gasteiger partial charge is 0.380 e. The van der Waals surface area contributed by atoms with Crippen molar-refractivity contribution >= 4 is 10.0 Å². The van der Waals surface area contributed by atoms with E-state index < -0.39 is 10.0 Å². The molecule has 0 aliphatic carbocycles. The third kappa shape index (κ3) is 3.31. The summed E-state index contributed by atoms with van der Waals surface area (Å²) >= 11 is 0. The second kappa shape index (κ2) is 6.16. The van der Waals surface area contributed by atoms with E-state index in [9.17, 15) is 8.42 Å². The lowest BCUT2D eigenvalue weighted by molar-refractivity contribution is 0.128. The molecule has 3 rings (SSSR count). The highest BCUT2D eigenvalue weighted by Gasteiger charge is 2.50. The van der Waals surface area contributed by atoms with Crippen LogP contribution in [0.25, 0.3) is 0 Å². The van der Waals surface area contributed by atoms with Crippen molar-refractivity contribution in [2.75, 3.05) is 38.6 Å². The highest BCUT2D eigenvalue weighted by molar-refractivity contribution is 7.89. The van der Waals surface area contributed by atoms with E-state index in [2.05, 4.69) is 14.8 Å². The van der Waals surface area contributed by atoms with Gasteiger partial charge in [0.25, 0.3) is 0 Å². The van der Waals surface area contributed by atoms with Gasteiger partial charge in [-0.25, -0.2) is 13.1 Å². The average Bonchev–Trinajstić information content (AvgIpc) is 3.13. The van der Waals surface area contributed by atoms with Crippen LogP contribution in [0.1, 0.15) is 23.9 Å². The van der Waals surface area contributed by atoms with E-state index in [-0.39, 0.29) is 11.2 Å². The molecule has 2 aliphatic heterocycles. The number of sulfonamides is 1. The van der Waals surface area contributed by atoms with Crippen LogP contribution in [0.3, 0.4) is 0 Å². The molecule has 8 heteroatoms. The van der Waals surface area contributed by atoms with Crippen LogP contribution < -0.4 is 4.72 Å². The normalized spacial score (nSPS) is 28.4. The van der Waals surface area contributed by atoms with Gasteiger partial charge in [0.05, 0.1) is 24.7 Å². The molecule has 0 aromatic carbocycles. The Hall–Kier alpha value is -0.960. The molecule has 1 N–H and O–H groups in total. The summed E-state index contributed by atoms with van der Waals surface area (Å²) in [5, 5.41) is 4.01. The monoisotopic (exact) mass is 343 g/mol. The number of hydrogen-bond donors (Lipinski definition) is 1. The quantitative estimate of drug-likeness (QED) is 0.818. The molecule has 23 heavy (non-hydrogen) atoms. The van der Waals surface area contributed by atoms with Gasteiger partial charge in [-0.15, -0.1) is 0 Å². The Kier molecular flexibility index (Phi) is 4.52. The molecule has 0 bridgehead atoms. The van der Waals surface area contributed by atoms with E-state index in [1.807, 2.05) is 13.8 Å². The van der Waals surface area contributed by atoms with E-state index in [0.29, 0.717) is 25.7 Å². The van der Waals surface area contributed by atoms with Gasteiger partial charge in [0, 0.05) is 43.1 Å². The van der Waals surface area contributed by atoms with Gasteiger partial charge >= 0.3 is 0 Å². The Morgan fingerprint density at radius 3 is 2.87 bits per heavy atom. The first-order chi connectivity index (χ1) is 10.9. The minimum absolute atomic E-state index is 0.109. The lowest BCUT2D eigenvalue weighted by Gasteiger charge is -2.27. The molecule has 130 valence electrons. The van der Waals surface area contributed by atoms with Crippen LogP contribution >= 0.6 is 0 Å². The van der Waals surface area contributed by atoms with Gasteiger partial charge < -0.3 is 9.26 Å². The van der Waals surface area contributed by atoms with Crippen molar-refractivity contribution in [3.63, 3.8) is 0 Å². The number of likely N-dealkylation sites (tertiary alicyclic amines) is 1. The number of fused-ring (bicyclic) bond motifs is 1. The van der Waals surface area contributed by atoms with Gasteiger partial charge in [0.1, 0.15) is 5.76 Å². The van der Waals surface area contributed by atoms with Crippen LogP contribution in [0.2, 0.25) is 0 Å². The maximum Gasteiger partial charge on any atom is 0.211 e. The van der Waals surface area contributed by atoms with Crippen molar-refractivity contribution in [1.29, 1.82) is 0 Å². The Bertz CT molecular complexity index is 653. The number of ether oxygens (including phenoxy) is 1. The first-order valence-electron chi connectivity index (χ1n) is 8.04. The fourth-order valence-electron chi connectivity index (χ4n) is 3.62. The lowest BCUT2D eigenvalue weighted by atomic mass is 9.81. The number of nitrogens with one attached hydrogen (secondary N) is 1. The van der Waals surface area contributed by atoms with Gasteiger partial charge in [0.15, 0.2) is 0 Å². The highest BCUT2D eigenvalue weighted by atomic mass is 32.2. The predicted octanol–water partition coefficient (Wildman–Crippen LogP) is 0.679. The van der Waals surface area contributed by atoms with Crippen LogP contribution in [0.5, 0.6) is 0 Å². The molecular formula is C15H25N3O4S. The van der Waals surface area contributed by atoms with Crippen molar-refractivity contribution in [1.82, 2.24) is 14.8 Å². The molecule has 2 aliphatic rings. The zero-order chi connectivity index (χ0) is 16.7. The smallest absolute Gasteiger partial charge is 0.211 e. The SMILES string of the molecule is CCS(=O)(=O)NC[C@@]12COC[C@H]1CN(Cc1c(C)noc1C)C2. The maximum atomic E-state index is 11.8. The van der Waals surface area contributed by atoms with Crippen LogP contribution in [0.15, 0.2) is 4.52 Å². The molecular weight excluding hydrogens is 318 g/mol. The first-order valence-corrected chi connectivity index (χ1v) is 9.69. The van der Waals surface area contributed by atoms with Crippen molar-refractivity contribution in [2.24, 2.45) is 11.3 Å². The zero-order valence-electron chi connectivity index (χ0n) is 14.0. The minimum Gasteiger partial charge on any atom is -0.380 e. The number of aryl methyl sites for hydroxylation is 2. The summed E-state index contributed by atoms with van der Waals surface area (Å²) in [5.74, 6) is 1.33. The number of aromatic nitrogens is 1. The van der Waals surface area contributed by atoms with Crippen LogP contribution in [-0.2, 0) is 21.3 Å². The van der Waals surface area contributed by atoms with Gasteiger partial charge in [-0.1, -0.05) is 5.16 Å². The van der Waals surface area contributed by atoms with Crippen molar-refractivity contribution in [2.45, 2.75) is 27.3 Å². The third-order valence-corrected chi connectivity index (χ3v) is 6.52. The van der Waals surface area contributed by atoms with Crippen LogP contribution in [0, 0.1) is 25.2 Å². The van der Waals surface area contributed by atoms with Gasteiger partial charge in [-0.2, -0.15) is 0 Å². The summed E-state index contributed by atoms with van der Waals surface area (Å²) in [6.07, 6.45) is 0. The van der Waals surface area contributed by atoms with E-state index >= 15 is 0 Å². The molecule has 0 radical (unpaired) electrons. The zero-order valence-corrected chi connectivity index (χ0v) is 14.8. The maximum absolute atomic E-state index is 11.8. The summed E-state index contributed by atoms with van der Waals surface area (Å²) in [6.45, 7) is 9.84. The van der Waals surface area contributed by atoms with Crippen molar-refractivity contribution < 1.29 is 17.7 Å². The summed E-state index contributed by atoms with van der Waals surface area (Å²) in [6, 6.07) is 0. The second-order valence-corrected chi connectivity index (χ2v) is 8.87. The third-order valence-electron chi connectivity index (χ3n) is 5.18. The summed E-state index contributed by atoms with van der Waals surface area (Å²) in [4.78, 5) is 2.36. The van der Waals surface area contributed by atoms with Gasteiger partial charge in [-0.05, 0) is 20.8 Å². The molecule has 0 spiro atoms. The molecule has 2 atom stereocenters. The fraction of sp³-hybridized carbons (Fsp3) is 0.800. The van der Waals surface area contributed by atoms with Gasteiger partial charge in [-0.3, -0.25) is 4.90 Å². The number of rotatable bonds is 6. The average molecular weight is 343 g/mol. The molecule has 0 saturated carbocycles. The predicted molar refractivity (Wildman–Crippen MR) is 85.5 cm³/mol. The molecule has 0 unspecified atom stereocenters. The standard InChI is InChI=1S/C15H25N3O4S/c1-4-23(19,20)16-8-15-9-18(5-13(15)7-21-10-15)6-14-11(2)17-22-12(14)3/h13,16H,4-10H2,1-3H3/t13-,15-/m1/s1. The minimum atomic E-state index is -3.18. The molecule has 2 fully saturated rings. The number of hydrogen-bond acceptors (Lipinski definition) is 6. The highest BCUT2D eigenvalue weighted by Crippen LogP contribution is 2.41. The van der Waals surface area contributed by atoms with Crippen molar-refractivity contribution in [3.8, 4) is 0 Å². The van der Waals surface area contributed by atoms with E-state index in [1.54, 1.807) is 6.92 Å². The summed E-state index contributed by atoms with van der Waals surface area (Å²) in [7, 11) is -3.18. The second-order valence-electron chi connectivity index (χ2n) is 6.77. The number of nitrogens with zero attached hydrogens (tertiary/aromatic N) is 2. The molecule has 7 nitrogen and oxygen atoms in total. The molecule has 3 heterocycles. The van der Waals surface area contributed by atoms with E-state index in [0.717, 1.165) is 36.7 Å². The lowest BCUT2D eigenvalue weighted by Crippen LogP contribution is -2.43. The van der Waals surface area contributed by atoms with Gasteiger partial charge in [0.2, 0.25) is 10.0 Å². The van der Waals surface area contributed by atoms with Crippen LogP contribution in [0.4, 0.5) is 0 Å². The Labute approximate surface area is 137 Å². The first kappa shape index (κ1) is 16.9. The molecule has 1 aromatic rings.